The van der Waals surface area contributed by atoms with Gasteiger partial charge in [0, 0.05) is 0 Å². The van der Waals surface area contributed by atoms with E-state index in [0.29, 0.717) is 22.3 Å². The van der Waals surface area contributed by atoms with E-state index < -0.39 is 0 Å². The van der Waals surface area contributed by atoms with Crippen LogP contribution in [0.5, 0.6) is 0 Å². The summed E-state index contributed by atoms with van der Waals surface area (Å²) in [6.07, 6.45) is 95.7. The molecule has 0 spiro atoms. The molecule has 124 heavy (non-hydrogen) atoms. The summed E-state index contributed by atoms with van der Waals surface area (Å²) in [6.45, 7) is 55.4. The van der Waals surface area contributed by atoms with Crippen LogP contribution in [0.2, 0.25) is 0 Å². The molecule has 0 aliphatic heterocycles. The molecule has 0 saturated carbocycles. The number of hydrogen-bond acceptors (Lipinski definition) is 0. The summed E-state index contributed by atoms with van der Waals surface area (Å²) in [6, 6.07) is 53.0. The average molecular weight is 2530 g/mol. The van der Waals surface area contributed by atoms with Crippen LogP contribution < -0.4 is 0 Å². The van der Waals surface area contributed by atoms with Crippen LogP contribution in [-0.2, 0) is 84.3 Å². The van der Waals surface area contributed by atoms with Crippen LogP contribution in [0.3, 0.4) is 0 Å². The van der Waals surface area contributed by atoms with Crippen molar-refractivity contribution in [2.24, 2.45) is 0 Å². The van der Waals surface area contributed by atoms with Crippen LogP contribution in [0.25, 0.3) is 66.8 Å². The monoisotopic (exact) mass is 2530 g/mol. The van der Waals surface area contributed by atoms with E-state index in [9.17, 15) is 0 Å². The van der Waals surface area contributed by atoms with Gasteiger partial charge in [0.05, 0.1) is 148 Å². The van der Waals surface area contributed by atoms with Crippen molar-refractivity contribution in [3.05, 3.63) is 266 Å². The van der Waals surface area contributed by atoms with Gasteiger partial charge in [-0.15, -0.1) is 115 Å². The maximum absolute atomic E-state index is 7.96. The average Bonchev–Trinajstić information content (AvgIpc) is 0.725. The van der Waals surface area contributed by atoms with Crippen LogP contribution >= 0.6 is 63.4 Å². The molecule has 0 atom stereocenters. The van der Waals surface area contributed by atoms with Crippen molar-refractivity contribution < 1.29 is 84.3 Å². The fraction of sp³-hybridized carbons (Fsp3) is 0.429. The third kappa shape index (κ3) is 48.0. The second kappa shape index (κ2) is 84.9. The standard InChI is InChI=1S/C32H12.2C16H8.8C6H15P.4Pt/c1-5-21-13-9-17-25-26-18-11-15-23(7-3)31(26)32-24(8-4)16-12-20-28(32)27-19-10-14-22(6-2)30(27)29(21)25;2*1-3-13-9-5-7-11-15(13)16-12-8-6-10-14(16)4-2;8*1-4-7(5-2)6-3;;;;/h9-20H;2*5-12H;8*4-6H2,1-3H3;;;;/q-4;2*-2;;;;;;;;;4*+2/p+8. The summed E-state index contributed by atoms with van der Waals surface area (Å²) >= 11 is 0. The summed E-state index contributed by atoms with van der Waals surface area (Å²) in [4.78, 5) is 0. The molecule has 676 valence electrons. The molecule has 0 unspecified atom stereocenters. The number of fused-ring (bicyclic) bond motifs is 8. The minimum atomic E-state index is 0. The molecule has 1 aliphatic carbocycles. The molecule has 9 rings (SSSR count). The minimum absolute atomic E-state index is 0. The Kier molecular flexibility index (Phi) is 89.9. The van der Waals surface area contributed by atoms with Gasteiger partial charge in [-0.05, 0) is 252 Å². The number of hydrogen-bond donors (Lipinski definition) is 0. The van der Waals surface area contributed by atoms with E-state index in [2.05, 4.69) is 214 Å². The molecule has 12 heteroatoms. The first-order valence-electron chi connectivity index (χ1n) is 45.2. The van der Waals surface area contributed by atoms with Gasteiger partial charge in [-0.3, -0.25) is 47.4 Å². The van der Waals surface area contributed by atoms with Gasteiger partial charge < -0.3 is 51.4 Å². The summed E-state index contributed by atoms with van der Waals surface area (Å²) < 4.78 is 0. The first-order chi connectivity index (χ1) is 58.2. The van der Waals surface area contributed by atoms with Crippen LogP contribution in [-0.4, -0.2) is 148 Å². The van der Waals surface area contributed by atoms with Crippen LogP contribution in [0.1, 0.15) is 211 Å². The molecule has 0 saturated heterocycles. The second-order valence-corrected chi connectivity index (χ2v) is 57.6. The smallest absolute Gasteiger partial charge is 0.366 e. The van der Waals surface area contributed by atoms with Crippen molar-refractivity contribution >= 4 is 63.4 Å². The van der Waals surface area contributed by atoms with Gasteiger partial charge in [0.2, 0.25) is 0 Å². The van der Waals surface area contributed by atoms with E-state index in [-0.39, 0.29) is 148 Å². The second-order valence-electron chi connectivity index (χ2n) is 28.6. The molecule has 0 bridgehead atoms. The molecule has 0 heterocycles. The van der Waals surface area contributed by atoms with E-state index in [4.69, 9.17) is 51.4 Å². The zero-order valence-corrected chi connectivity index (χ0v) is 97.5. The van der Waals surface area contributed by atoms with Crippen LogP contribution in [0, 0.1) is 98.8 Å². The van der Waals surface area contributed by atoms with Crippen LogP contribution in [0.4, 0.5) is 0 Å². The third-order valence-electron chi connectivity index (χ3n) is 22.7. The molecule has 1 aliphatic rings. The quantitative estimate of drug-likeness (QED) is 0.0288. The number of benzene rings is 8. The van der Waals surface area contributed by atoms with E-state index in [1.54, 1.807) is 0 Å². The van der Waals surface area contributed by atoms with Crippen molar-refractivity contribution in [2.75, 3.05) is 148 Å². The van der Waals surface area contributed by atoms with Gasteiger partial charge in [0.1, 0.15) is 0 Å². The molecular formula is C112H156P8Pt4+8. The zero-order chi connectivity index (χ0) is 90.6. The molecule has 0 fully saturated rings. The van der Waals surface area contributed by atoms with Crippen molar-refractivity contribution in [1.82, 2.24) is 0 Å². The Morgan fingerprint density at radius 1 is 0.145 bits per heavy atom. The van der Waals surface area contributed by atoms with Crippen molar-refractivity contribution in [1.29, 1.82) is 0 Å². The molecule has 0 amide bonds. The maximum Gasteiger partial charge on any atom is 2.00 e. The van der Waals surface area contributed by atoms with Gasteiger partial charge in [-0.25, -0.2) is 0 Å². The van der Waals surface area contributed by atoms with Crippen molar-refractivity contribution in [3.8, 4) is 114 Å². The summed E-state index contributed by atoms with van der Waals surface area (Å²) in [7, 11) is 1.10. The van der Waals surface area contributed by atoms with Gasteiger partial charge in [0.15, 0.2) is 0 Å². The SMILES string of the molecule is CC[PH+](CC)CC.CC[PH+](CC)CC.CC[PH+](CC)CC.CC[PH+](CC)CC.CC[PH+](CC)CC.CC[PH+](CC)CC.CC[PH+](CC)CC.CC[PH+](CC)CC.[C-]#Cc1cccc2c1-c1c(C#[C-])cccc1-c1cccc(C#[C-])c1-c1c(C#[C-])cccc1-2.[C-]#Cc1ccccc1-c1ccccc1C#[C-].[C-]#Cc1ccccc1-c1ccccc1C#[C-].[Pt+2].[Pt+2].[Pt+2].[Pt+2]. The topological polar surface area (TPSA) is 0 Å². The van der Waals surface area contributed by atoms with E-state index in [0.717, 1.165) is 89.0 Å². The Balaban J connectivity index is -0.000000329. The molecule has 0 N–H and O–H groups in total. The fourth-order valence-electron chi connectivity index (χ4n) is 13.9. The van der Waals surface area contributed by atoms with Gasteiger partial charge in [-0.2, -0.15) is 0 Å². The predicted molar refractivity (Wildman–Crippen MR) is 575 cm³/mol. The summed E-state index contributed by atoms with van der Waals surface area (Å²) in [5.74, 6) is 19.9. The zero-order valence-electron chi connectivity index (χ0n) is 80.4. The molecule has 0 nitrogen and oxygen atoms in total. The Labute approximate surface area is 833 Å². The maximum atomic E-state index is 7.96. The largest absolute Gasteiger partial charge is 2.00 e. The summed E-state index contributed by atoms with van der Waals surface area (Å²) in [5, 5.41) is 0. The van der Waals surface area contributed by atoms with E-state index in [1.165, 1.54) is 148 Å². The first kappa shape index (κ1) is 131. The molecule has 0 aromatic heterocycles. The minimum Gasteiger partial charge on any atom is -0.366 e. The van der Waals surface area contributed by atoms with Gasteiger partial charge >= 0.3 is 84.3 Å². The normalized spacial score (nSPS) is 9.68. The Hall–Kier alpha value is -3.57. The van der Waals surface area contributed by atoms with Gasteiger partial charge in [-0.1, -0.05) is 144 Å². The molecule has 0 radical (unpaired) electrons. The van der Waals surface area contributed by atoms with Crippen LogP contribution in [0.15, 0.2) is 170 Å². The fourth-order valence-corrected chi connectivity index (χ4v) is 25.9. The van der Waals surface area contributed by atoms with E-state index in [1.807, 2.05) is 170 Å². The molecule has 8 aromatic rings. The Morgan fingerprint density at radius 2 is 0.242 bits per heavy atom. The number of rotatable bonds is 26. The van der Waals surface area contributed by atoms with Crippen molar-refractivity contribution in [2.45, 2.75) is 166 Å². The Morgan fingerprint density at radius 3 is 0.339 bits per heavy atom. The van der Waals surface area contributed by atoms with Crippen molar-refractivity contribution in [3.63, 3.8) is 0 Å². The summed E-state index contributed by atoms with van der Waals surface area (Å²) in [5.41, 5.74) is 15.6. The predicted octanol–water partition coefficient (Wildman–Crippen LogP) is 31.0. The van der Waals surface area contributed by atoms with Gasteiger partial charge in [0.25, 0.3) is 0 Å². The Bertz CT molecular complexity index is 3760. The molecular weight excluding hydrogens is 2370 g/mol. The first-order valence-corrected chi connectivity index (χ1v) is 62.2. The third-order valence-corrected chi connectivity index (χ3v) is 46.7. The van der Waals surface area contributed by atoms with E-state index >= 15 is 0 Å². The molecule has 8 aromatic carbocycles.